The lowest BCUT2D eigenvalue weighted by Gasteiger charge is -2.25. The first kappa shape index (κ1) is 16.1. The van der Waals surface area contributed by atoms with Crippen LogP contribution in [0.25, 0.3) is 0 Å². The molecule has 124 valence electrons. The predicted molar refractivity (Wildman–Crippen MR) is 90.1 cm³/mol. The second-order valence-electron chi connectivity index (χ2n) is 6.43. The number of aryl methyl sites for hydroxylation is 2. The highest BCUT2D eigenvalue weighted by molar-refractivity contribution is 5.25. The minimum Gasteiger partial charge on any atom is -0.424 e. The number of benzene rings is 1. The number of rotatable bonds is 4. The van der Waals surface area contributed by atoms with E-state index >= 15 is 0 Å². The van der Waals surface area contributed by atoms with Gasteiger partial charge in [-0.05, 0) is 37.9 Å². The number of aromatic nitrogens is 2. The average molecular weight is 314 g/mol. The third kappa shape index (κ3) is 3.98. The first-order valence-corrected chi connectivity index (χ1v) is 8.44. The molecule has 0 radical (unpaired) electrons. The normalized spacial score (nSPS) is 18.7. The highest BCUT2D eigenvalue weighted by Crippen LogP contribution is 2.21. The summed E-state index contributed by atoms with van der Waals surface area (Å²) in [7, 11) is 0. The van der Waals surface area contributed by atoms with Gasteiger partial charge in [-0.3, -0.25) is 9.80 Å². The molecule has 2 aromatic rings. The molecule has 0 amide bonds. The molecule has 0 N–H and O–H groups in total. The van der Waals surface area contributed by atoms with Crippen LogP contribution in [0.5, 0.6) is 0 Å². The van der Waals surface area contributed by atoms with Crippen molar-refractivity contribution in [2.75, 3.05) is 26.2 Å². The minimum absolute atomic E-state index is 0.189. The van der Waals surface area contributed by atoms with Crippen molar-refractivity contribution >= 4 is 0 Å². The van der Waals surface area contributed by atoms with Gasteiger partial charge in [0, 0.05) is 33.1 Å². The van der Waals surface area contributed by atoms with Gasteiger partial charge in [0.05, 0.1) is 6.04 Å². The maximum atomic E-state index is 5.60. The van der Waals surface area contributed by atoms with E-state index in [1.165, 1.54) is 17.5 Å². The molecule has 1 aliphatic heterocycles. The Hall–Kier alpha value is -1.72. The first-order valence-electron chi connectivity index (χ1n) is 8.44. The molecule has 1 unspecified atom stereocenters. The summed E-state index contributed by atoms with van der Waals surface area (Å²) in [5, 5.41) is 8.13. The van der Waals surface area contributed by atoms with Gasteiger partial charge in [-0.2, -0.15) is 0 Å². The lowest BCUT2D eigenvalue weighted by Crippen LogP contribution is -2.32. The van der Waals surface area contributed by atoms with Crippen molar-refractivity contribution < 1.29 is 4.42 Å². The molecule has 0 aliphatic carbocycles. The summed E-state index contributed by atoms with van der Waals surface area (Å²) in [5.74, 6) is 1.37. The van der Waals surface area contributed by atoms with E-state index in [1.807, 2.05) is 6.92 Å². The zero-order valence-corrected chi connectivity index (χ0v) is 14.3. The summed E-state index contributed by atoms with van der Waals surface area (Å²) in [6.45, 7) is 11.6. The Morgan fingerprint density at radius 1 is 1.09 bits per heavy atom. The zero-order chi connectivity index (χ0) is 16.2. The third-order valence-corrected chi connectivity index (χ3v) is 4.73. The topological polar surface area (TPSA) is 45.4 Å². The molecular weight excluding hydrogens is 288 g/mol. The van der Waals surface area contributed by atoms with E-state index in [9.17, 15) is 0 Å². The van der Waals surface area contributed by atoms with Crippen LogP contribution < -0.4 is 0 Å². The van der Waals surface area contributed by atoms with Crippen LogP contribution in [0.15, 0.2) is 28.7 Å². The molecule has 0 bridgehead atoms. The molecule has 0 saturated carbocycles. The maximum absolute atomic E-state index is 5.60. The quantitative estimate of drug-likeness (QED) is 0.868. The number of hydrogen-bond donors (Lipinski definition) is 0. The molecule has 5 nitrogen and oxygen atoms in total. The molecule has 1 aromatic heterocycles. The summed E-state index contributed by atoms with van der Waals surface area (Å²) in [4.78, 5) is 5.00. The Balaban J connectivity index is 1.60. The molecule has 3 rings (SSSR count). The fraction of sp³-hybridized carbons (Fsp3) is 0.556. The third-order valence-electron chi connectivity index (χ3n) is 4.73. The van der Waals surface area contributed by atoms with Crippen molar-refractivity contribution in [1.29, 1.82) is 0 Å². The molecule has 1 fully saturated rings. The lowest BCUT2D eigenvalue weighted by atomic mass is 10.1. The largest absolute Gasteiger partial charge is 0.424 e. The van der Waals surface area contributed by atoms with Crippen LogP contribution in [0.2, 0.25) is 0 Å². The Kier molecular flexibility index (Phi) is 5.08. The van der Waals surface area contributed by atoms with Gasteiger partial charge in [0.1, 0.15) is 0 Å². The average Bonchev–Trinajstić information content (AvgIpc) is 2.84. The van der Waals surface area contributed by atoms with Crippen molar-refractivity contribution in [3.63, 3.8) is 0 Å². The van der Waals surface area contributed by atoms with Gasteiger partial charge < -0.3 is 4.42 Å². The maximum Gasteiger partial charge on any atom is 0.233 e. The smallest absolute Gasteiger partial charge is 0.233 e. The number of hydrogen-bond acceptors (Lipinski definition) is 5. The predicted octanol–water partition coefficient (Wildman–Crippen LogP) is 2.96. The van der Waals surface area contributed by atoms with Gasteiger partial charge in [0.2, 0.25) is 11.8 Å². The Bertz CT molecular complexity index is 639. The van der Waals surface area contributed by atoms with E-state index in [0.717, 1.165) is 38.6 Å². The Morgan fingerprint density at radius 3 is 2.65 bits per heavy atom. The van der Waals surface area contributed by atoms with Gasteiger partial charge >= 0.3 is 0 Å². The van der Waals surface area contributed by atoms with Crippen LogP contribution in [-0.2, 0) is 6.54 Å². The summed E-state index contributed by atoms with van der Waals surface area (Å²) < 4.78 is 5.60. The highest BCUT2D eigenvalue weighted by Gasteiger charge is 2.23. The molecule has 5 heteroatoms. The van der Waals surface area contributed by atoms with E-state index in [4.69, 9.17) is 4.42 Å². The van der Waals surface area contributed by atoms with Crippen LogP contribution in [0.4, 0.5) is 0 Å². The van der Waals surface area contributed by atoms with Crippen LogP contribution in [0.1, 0.15) is 42.3 Å². The Morgan fingerprint density at radius 2 is 1.91 bits per heavy atom. The highest BCUT2D eigenvalue weighted by atomic mass is 16.4. The fourth-order valence-electron chi connectivity index (χ4n) is 3.20. The molecule has 2 heterocycles. The van der Waals surface area contributed by atoms with Gasteiger partial charge in [0.15, 0.2) is 0 Å². The minimum atomic E-state index is 0.189. The van der Waals surface area contributed by atoms with E-state index in [1.54, 1.807) is 0 Å². The molecular formula is C18H26N4O. The van der Waals surface area contributed by atoms with Crippen molar-refractivity contribution in [2.45, 2.75) is 39.8 Å². The summed E-state index contributed by atoms with van der Waals surface area (Å²) in [6, 6.07) is 8.86. The lowest BCUT2D eigenvalue weighted by molar-refractivity contribution is 0.183. The van der Waals surface area contributed by atoms with E-state index in [0.29, 0.717) is 5.89 Å². The van der Waals surface area contributed by atoms with Gasteiger partial charge in [-0.1, -0.05) is 24.3 Å². The SMILES string of the molecule is Cc1nnc(C(C)N2CCCN(Cc3ccccc3C)CC2)o1. The standard InChI is InChI=1S/C18H26N4O/c1-14-7-4-5-8-17(14)13-21-9-6-10-22(12-11-21)15(2)18-20-19-16(3)23-18/h4-5,7-8,15H,6,9-13H2,1-3H3. The number of nitrogens with zero attached hydrogens (tertiary/aromatic N) is 4. The summed E-state index contributed by atoms with van der Waals surface area (Å²) >= 11 is 0. The van der Waals surface area contributed by atoms with Gasteiger partial charge in [-0.15, -0.1) is 10.2 Å². The van der Waals surface area contributed by atoms with Crippen LogP contribution in [0, 0.1) is 13.8 Å². The molecule has 1 aliphatic rings. The zero-order valence-electron chi connectivity index (χ0n) is 14.3. The molecule has 23 heavy (non-hydrogen) atoms. The van der Waals surface area contributed by atoms with E-state index in [2.05, 4.69) is 58.1 Å². The van der Waals surface area contributed by atoms with Crippen molar-refractivity contribution in [2.24, 2.45) is 0 Å². The van der Waals surface area contributed by atoms with E-state index < -0.39 is 0 Å². The van der Waals surface area contributed by atoms with Gasteiger partial charge in [-0.25, -0.2) is 0 Å². The van der Waals surface area contributed by atoms with Crippen LogP contribution >= 0.6 is 0 Å². The van der Waals surface area contributed by atoms with Crippen molar-refractivity contribution in [1.82, 2.24) is 20.0 Å². The second-order valence-corrected chi connectivity index (χ2v) is 6.43. The van der Waals surface area contributed by atoms with Crippen LogP contribution in [-0.4, -0.2) is 46.2 Å². The van der Waals surface area contributed by atoms with E-state index in [-0.39, 0.29) is 6.04 Å². The first-order chi connectivity index (χ1) is 11.1. The molecule has 0 spiro atoms. The van der Waals surface area contributed by atoms with Crippen molar-refractivity contribution in [3.8, 4) is 0 Å². The van der Waals surface area contributed by atoms with Crippen molar-refractivity contribution in [3.05, 3.63) is 47.2 Å². The molecule has 1 atom stereocenters. The fourth-order valence-corrected chi connectivity index (χ4v) is 3.20. The Labute approximate surface area is 138 Å². The monoisotopic (exact) mass is 314 g/mol. The molecule has 1 aromatic carbocycles. The molecule has 1 saturated heterocycles. The second kappa shape index (κ2) is 7.23. The van der Waals surface area contributed by atoms with Crippen LogP contribution in [0.3, 0.4) is 0 Å². The van der Waals surface area contributed by atoms with Gasteiger partial charge in [0.25, 0.3) is 0 Å². The summed E-state index contributed by atoms with van der Waals surface area (Å²) in [5.41, 5.74) is 2.81. The summed E-state index contributed by atoms with van der Waals surface area (Å²) in [6.07, 6.45) is 1.17.